The molecule has 152 valence electrons. The third kappa shape index (κ3) is 5.92. The zero-order valence-electron chi connectivity index (χ0n) is 15.0. The third-order valence-electron chi connectivity index (χ3n) is 4.04. The molecule has 0 radical (unpaired) electrons. The Morgan fingerprint density at radius 3 is 2.48 bits per heavy atom. The first kappa shape index (κ1) is 22.7. The van der Waals surface area contributed by atoms with Gasteiger partial charge in [-0.1, -0.05) is 42.8 Å². The molecular weight excluding hydrogens is 414 g/mol. The van der Waals surface area contributed by atoms with Crippen molar-refractivity contribution in [1.29, 1.82) is 5.41 Å². The smallest absolute Gasteiger partial charge is 0.232 e. The van der Waals surface area contributed by atoms with Crippen molar-refractivity contribution in [3.05, 3.63) is 93.0 Å². The van der Waals surface area contributed by atoms with Gasteiger partial charge in [0.25, 0.3) is 0 Å². The molecule has 1 aromatic heterocycles. The Balaban J connectivity index is 0.00000300. The Morgan fingerprint density at radius 1 is 1.03 bits per heavy atom. The van der Waals surface area contributed by atoms with Crippen molar-refractivity contribution in [3.8, 4) is 5.75 Å². The van der Waals surface area contributed by atoms with Gasteiger partial charge in [-0.05, 0) is 42.5 Å². The number of benzene rings is 2. The van der Waals surface area contributed by atoms with Crippen LogP contribution in [0.2, 0.25) is 10.0 Å². The van der Waals surface area contributed by atoms with Crippen molar-refractivity contribution < 1.29 is 13.9 Å². The quantitative estimate of drug-likeness (QED) is 0.365. The summed E-state index contributed by atoms with van der Waals surface area (Å²) in [4.78, 5) is 4.43. The van der Waals surface area contributed by atoms with Gasteiger partial charge in [-0.25, -0.2) is 9.37 Å². The van der Waals surface area contributed by atoms with Crippen LogP contribution in [0.5, 0.6) is 5.75 Å². The fraction of sp³-hybridized carbons (Fsp3) is 0.182. The number of hydrogen-bond donors (Lipinski definition) is 1. The van der Waals surface area contributed by atoms with E-state index in [0.29, 0.717) is 33.5 Å². The summed E-state index contributed by atoms with van der Waals surface area (Å²) in [5, 5.41) is 8.64. The number of halogens is 3. The van der Waals surface area contributed by atoms with E-state index in [0.717, 1.165) is 11.3 Å². The molecule has 4 nitrogen and oxygen atoms in total. The Bertz CT molecular complexity index is 1010. The van der Waals surface area contributed by atoms with E-state index in [9.17, 15) is 4.39 Å². The molecule has 0 aliphatic carbocycles. The van der Waals surface area contributed by atoms with Gasteiger partial charge in [-0.3, -0.25) is 5.41 Å². The van der Waals surface area contributed by atoms with Crippen LogP contribution in [-0.2, 0) is 17.8 Å². The maximum Gasteiger partial charge on any atom is 0.232 e. The van der Waals surface area contributed by atoms with E-state index in [1.54, 1.807) is 42.5 Å². The lowest BCUT2D eigenvalue weighted by atomic mass is 10.1. The van der Waals surface area contributed by atoms with Crippen LogP contribution in [-0.4, -0.2) is 18.0 Å². The molecule has 0 unspecified atom stereocenters. The molecule has 0 spiro atoms. The molecule has 0 aliphatic heterocycles. The number of nitrogens with zero attached hydrogens (tertiary/aromatic N) is 1. The molecule has 1 N–H and O–H groups in total. The molecule has 0 aliphatic rings. The minimum atomic E-state index is -0.421. The number of pyridine rings is 1. The summed E-state index contributed by atoms with van der Waals surface area (Å²) in [6, 6.07) is 15.0. The Hall–Kier alpha value is -2.63. The molecule has 0 saturated heterocycles. The Labute approximate surface area is 179 Å². The normalized spacial score (nSPS) is 10.2. The van der Waals surface area contributed by atoms with E-state index in [-0.39, 0.29) is 19.9 Å². The second kappa shape index (κ2) is 10.2. The van der Waals surface area contributed by atoms with Crippen LogP contribution in [0.25, 0.3) is 0 Å². The molecule has 29 heavy (non-hydrogen) atoms. The summed E-state index contributed by atoms with van der Waals surface area (Å²) >= 11 is 11.9. The van der Waals surface area contributed by atoms with Gasteiger partial charge in [0.2, 0.25) is 5.90 Å². The van der Waals surface area contributed by atoms with Crippen molar-refractivity contribution in [2.75, 3.05) is 7.11 Å². The highest BCUT2D eigenvalue weighted by Gasteiger charge is 2.11. The number of hydrogen-bond acceptors (Lipinski definition) is 4. The Morgan fingerprint density at radius 2 is 1.76 bits per heavy atom. The maximum atomic E-state index is 14.0. The van der Waals surface area contributed by atoms with E-state index < -0.39 is 5.82 Å². The predicted octanol–water partition coefficient (Wildman–Crippen LogP) is 6.31. The minimum absolute atomic E-state index is 0. The molecule has 0 amide bonds. The molecule has 0 atom stereocenters. The van der Waals surface area contributed by atoms with Crippen molar-refractivity contribution in [3.63, 3.8) is 0 Å². The fourth-order valence-corrected chi connectivity index (χ4v) is 2.98. The van der Waals surface area contributed by atoms with Gasteiger partial charge in [0.05, 0.1) is 7.11 Å². The summed E-state index contributed by atoms with van der Waals surface area (Å²) in [5.74, 6) is 0.144. The largest absolute Gasteiger partial charge is 0.489 e. The van der Waals surface area contributed by atoms with Crippen LogP contribution in [0, 0.1) is 11.2 Å². The van der Waals surface area contributed by atoms with E-state index >= 15 is 0 Å². The topological polar surface area (TPSA) is 55.2 Å². The molecule has 3 aromatic rings. The van der Waals surface area contributed by atoms with E-state index in [4.69, 9.17) is 38.1 Å². The standard InChI is InChI=1S/C21H17Cl2FN2O2.CH4/c1-27-21(25)19-4-2-3-17(26-19)10-14-9-15(22)7-8-20(14)28-12-13-5-6-16(23)11-18(13)24;/h2-9,11,25H,10,12H2,1H3;1H4. The van der Waals surface area contributed by atoms with E-state index in [2.05, 4.69) is 4.98 Å². The second-order valence-electron chi connectivity index (χ2n) is 6.00. The van der Waals surface area contributed by atoms with Gasteiger partial charge in [0, 0.05) is 33.3 Å². The number of aromatic nitrogens is 1. The lowest BCUT2D eigenvalue weighted by Crippen LogP contribution is -2.07. The van der Waals surface area contributed by atoms with Gasteiger partial charge < -0.3 is 9.47 Å². The fourth-order valence-electron chi connectivity index (χ4n) is 2.63. The average Bonchev–Trinajstić information content (AvgIpc) is 2.68. The molecule has 0 saturated carbocycles. The lowest BCUT2D eigenvalue weighted by Gasteiger charge is -2.13. The van der Waals surface area contributed by atoms with Crippen molar-refractivity contribution >= 4 is 29.1 Å². The van der Waals surface area contributed by atoms with Crippen molar-refractivity contribution in [1.82, 2.24) is 4.98 Å². The van der Waals surface area contributed by atoms with Crippen molar-refractivity contribution in [2.24, 2.45) is 0 Å². The van der Waals surface area contributed by atoms with Crippen LogP contribution < -0.4 is 4.74 Å². The SMILES string of the molecule is C.COC(=N)c1cccc(Cc2cc(Cl)ccc2OCc2ccc(Cl)cc2F)n1. The maximum absolute atomic E-state index is 14.0. The van der Waals surface area contributed by atoms with Crippen LogP contribution in [0.1, 0.15) is 29.9 Å². The highest BCUT2D eigenvalue weighted by molar-refractivity contribution is 6.30. The molecule has 2 aromatic carbocycles. The minimum Gasteiger partial charge on any atom is -0.489 e. The summed E-state index contributed by atoms with van der Waals surface area (Å²) in [5.41, 5.74) is 2.37. The highest BCUT2D eigenvalue weighted by Crippen LogP contribution is 2.27. The van der Waals surface area contributed by atoms with Gasteiger partial charge in [-0.15, -0.1) is 0 Å². The van der Waals surface area contributed by atoms with Gasteiger partial charge in [0.15, 0.2) is 0 Å². The van der Waals surface area contributed by atoms with E-state index in [1.807, 2.05) is 6.07 Å². The number of ether oxygens (including phenoxy) is 2. The van der Waals surface area contributed by atoms with Gasteiger partial charge >= 0.3 is 0 Å². The van der Waals surface area contributed by atoms with Gasteiger partial charge in [-0.2, -0.15) is 0 Å². The van der Waals surface area contributed by atoms with Crippen LogP contribution >= 0.6 is 23.2 Å². The number of rotatable bonds is 6. The van der Waals surface area contributed by atoms with Crippen LogP contribution in [0.4, 0.5) is 4.39 Å². The zero-order valence-corrected chi connectivity index (χ0v) is 16.5. The third-order valence-corrected chi connectivity index (χ3v) is 4.51. The molecule has 3 rings (SSSR count). The monoisotopic (exact) mass is 434 g/mol. The first-order chi connectivity index (χ1) is 13.5. The molecular formula is C22H21Cl2FN2O2. The predicted molar refractivity (Wildman–Crippen MR) is 115 cm³/mol. The lowest BCUT2D eigenvalue weighted by molar-refractivity contribution is 0.297. The molecule has 0 bridgehead atoms. The summed E-state index contributed by atoms with van der Waals surface area (Å²) < 4.78 is 24.7. The molecule has 7 heteroatoms. The molecule has 0 fully saturated rings. The van der Waals surface area contributed by atoms with Crippen LogP contribution in [0.15, 0.2) is 54.6 Å². The highest BCUT2D eigenvalue weighted by atomic mass is 35.5. The van der Waals surface area contributed by atoms with E-state index in [1.165, 1.54) is 13.2 Å². The first-order valence-corrected chi connectivity index (χ1v) is 9.16. The summed E-state index contributed by atoms with van der Waals surface area (Å²) in [7, 11) is 1.43. The van der Waals surface area contributed by atoms with Crippen LogP contribution in [0.3, 0.4) is 0 Å². The summed E-state index contributed by atoms with van der Waals surface area (Å²) in [6.45, 7) is 0.0550. The first-order valence-electron chi connectivity index (χ1n) is 8.40. The second-order valence-corrected chi connectivity index (χ2v) is 6.87. The van der Waals surface area contributed by atoms with Crippen molar-refractivity contribution in [2.45, 2.75) is 20.5 Å². The average molecular weight is 435 g/mol. The molecule has 1 heterocycles. The summed E-state index contributed by atoms with van der Waals surface area (Å²) in [6.07, 6.45) is 0.434. The number of nitrogens with one attached hydrogen (secondary N) is 1. The number of methoxy groups -OCH3 is 1. The Kier molecular flexibility index (Phi) is 8.00. The zero-order chi connectivity index (χ0) is 20.1. The van der Waals surface area contributed by atoms with Gasteiger partial charge in [0.1, 0.15) is 23.9 Å².